The van der Waals surface area contributed by atoms with Crippen molar-refractivity contribution in [3.05, 3.63) is 77.8 Å². The largest absolute Gasteiger partial charge is 0.492 e. The van der Waals surface area contributed by atoms with Gasteiger partial charge < -0.3 is 23.9 Å². The number of piperidine rings is 1. The van der Waals surface area contributed by atoms with Gasteiger partial charge in [0.25, 0.3) is 0 Å². The molecule has 0 spiro atoms. The maximum atomic E-state index is 6.26. The van der Waals surface area contributed by atoms with Crippen LogP contribution >= 0.6 is 11.3 Å². The lowest BCUT2D eigenvalue weighted by molar-refractivity contribution is 0.162. The van der Waals surface area contributed by atoms with E-state index in [0.29, 0.717) is 13.2 Å². The van der Waals surface area contributed by atoms with Crippen LogP contribution in [0.1, 0.15) is 38.3 Å². The van der Waals surface area contributed by atoms with E-state index >= 15 is 0 Å². The second-order valence-electron chi connectivity index (χ2n) is 10.5. The smallest absolute Gasteiger partial charge is 0.157 e. The number of hydrogen-bond acceptors (Lipinski definition) is 5. The predicted molar refractivity (Wildman–Crippen MR) is 160 cm³/mol. The monoisotopic (exact) mass is 540 g/mol. The Labute approximate surface area is 234 Å². The topological polar surface area (TPSA) is 53.2 Å². The lowest BCUT2D eigenvalue weighted by atomic mass is 10.0. The molecule has 4 heterocycles. The summed E-state index contributed by atoms with van der Waals surface area (Å²) in [6, 6.07) is 23.1. The van der Waals surface area contributed by atoms with Gasteiger partial charge in [0.15, 0.2) is 5.82 Å². The van der Waals surface area contributed by atoms with Gasteiger partial charge in [0.1, 0.15) is 24.2 Å². The molecule has 2 aromatic carbocycles. The van der Waals surface area contributed by atoms with Crippen LogP contribution in [-0.4, -0.2) is 39.9 Å². The summed E-state index contributed by atoms with van der Waals surface area (Å²) in [5.74, 6) is 3.02. The van der Waals surface area contributed by atoms with Crippen molar-refractivity contribution >= 4 is 21.6 Å². The Morgan fingerprint density at radius 2 is 1.74 bits per heavy atom. The van der Waals surface area contributed by atoms with Crippen LogP contribution in [0.15, 0.2) is 72.1 Å². The Hall–Kier alpha value is -3.55. The first-order chi connectivity index (χ1) is 19.1. The van der Waals surface area contributed by atoms with E-state index < -0.39 is 0 Å². The second kappa shape index (κ2) is 11.3. The highest BCUT2D eigenvalue weighted by Gasteiger charge is 2.24. The molecule has 202 valence electrons. The molecule has 6 rings (SSSR count). The minimum absolute atomic E-state index is 0.287. The first-order valence-corrected chi connectivity index (χ1v) is 14.8. The van der Waals surface area contributed by atoms with Crippen LogP contribution < -0.4 is 14.8 Å². The molecule has 1 saturated heterocycles. The summed E-state index contributed by atoms with van der Waals surface area (Å²) in [6.07, 6.45) is 2.39. The van der Waals surface area contributed by atoms with Crippen LogP contribution in [0.25, 0.3) is 33.0 Å². The van der Waals surface area contributed by atoms with E-state index in [0.717, 1.165) is 54.6 Å². The summed E-state index contributed by atoms with van der Waals surface area (Å²) < 4.78 is 18.3. The molecule has 0 atom stereocenters. The number of nitrogens with zero attached hydrogens (tertiary/aromatic N) is 3. The molecule has 0 aliphatic carbocycles. The number of nitrogens with one attached hydrogen (secondary N) is 1. The van der Waals surface area contributed by atoms with E-state index in [1.807, 2.05) is 24.3 Å². The number of aromatic nitrogens is 3. The summed E-state index contributed by atoms with van der Waals surface area (Å²) in [5.41, 5.74) is 5.82. The van der Waals surface area contributed by atoms with Gasteiger partial charge in [-0.15, -0.1) is 11.3 Å². The fourth-order valence-corrected chi connectivity index (χ4v) is 6.28. The van der Waals surface area contributed by atoms with E-state index in [1.54, 1.807) is 11.3 Å². The first-order valence-electron chi connectivity index (χ1n) is 13.9. The van der Waals surface area contributed by atoms with Gasteiger partial charge in [-0.05, 0) is 73.6 Å². The van der Waals surface area contributed by atoms with Gasteiger partial charge in [0.2, 0.25) is 0 Å². The SMILES string of the molecule is CC(C)c1nc(-c2cc3sccc3n2C)n(CCOc2ccc(OC3CCNCC3)cc2)c1-c1ccccc1. The van der Waals surface area contributed by atoms with Gasteiger partial charge in [0, 0.05) is 12.6 Å². The highest BCUT2D eigenvalue weighted by molar-refractivity contribution is 7.17. The molecule has 6 nitrogen and oxygen atoms in total. The molecule has 0 radical (unpaired) electrons. The highest BCUT2D eigenvalue weighted by Crippen LogP contribution is 2.37. The lowest BCUT2D eigenvalue weighted by Crippen LogP contribution is -2.34. The molecular formula is C32H36N4O2S. The molecule has 0 unspecified atom stereocenters. The maximum absolute atomic E-state index is 6.26. The van der Waals surface area contributed by atoms with E-state index in [-0.39, 0.29) is 12.0 Å². The third kappa shape index (κ3) is 5.34. The minimum atomic E-state index is 0.287. The number of ether oxygens (including phenoxy) is 2. The fourth-order valence-electron chi connectivity index (χ4n) is 5.43. The molecule has 1 aliphatic rings. The minimum Gasteiger partial charge on any atom is -0.492 e. The van der Waals surface area contributed by atoms with Gasteiger partial charge >= 0.3 is 0 Å². The van der Waals surface area contributed by atoms with Crippen LogP contribution in [0.4, 0.5) is 0 Å². The maximum Gasteiger partial charge on any atom is 0.157 e. The second-order valence-corrected chi connectivity index (χ2v) is 11.4. The van der Waals surface area contributed by atoms with Gasteiger partial charge in [-0.1, -0.05) is 44.2 Å². The predicted octanol–water partition coefficient (Wildman–Crippen LogP) is 7.10. The number of imidazole rings is 1. The molecular weight excluding hydrogens is 504 g/mol. The van der Waals surface area contributed by atoms with Crippen molar-refractivity contribution in [2.24, 2.45) is 7.05 Å². The summed E-state index contributed by atoms with van der Waals surface area (Å²) in [7, 11) is 2.13. The third-order valence-corrected chi connectivity index (χ3v) is 8.33. The Balaban J connectivity index is 1.28. The fraction of sp³-hybridized carbons (Fsp3) is 0.344. The Morgan fingerprint density at radius 1 is 1.00 bits per heavy atom. The van der Waals surface area contributed by atoms with E-state index in [1.165, 1.54) is 21.5 Å². The van der Waals surface area contributed by atoms with Crippen molar-refractivity contribution in [1.29, 1.82) is 0 Å². The molecule has 0 saturated carbocycles. The summed E-state index contributed by atoms with van der Waals surface area (Å²) >= 11 is 1.77. The van der Waals surface area contributed by atoms with Crippen molar-refractivity contribution in [2.45, 2.75) is 45.3 Å². The number of aryl methyl sites for hydroxylation is 1. The van der Waals surface area contributed by atoms with E-state index in [4.69, 9.17) is 14.5 Å². The van der Waals surface area contributed by atoms with Crippen molar-refractivity contribution in [2.75, 3.05) is 19.7 Å². The van der Waals surface area contributed by atoms with Crippen molar-refractivity contribution in [1.82, 2.24) is 19.4 Å². The first kappa shape index (κ1) is 25.7. The summed E-state index contributed by atoms with van der Waals surface area (Å²) in [5, 5.41) is 5.53. The van der Waals surface area contributed by atoms with Crippen LogP contribution in [0.3, 0.4) is 0 Å². The van der Waals surface area contributed by atoms with Crippen LogP contribution in [0, 0.1) is 0 Å². The van der Waals surface area contributed by atoms with Crippen LogP contribution in [0.5, 0.6) is 11.5 Å². The molecule has 1 aliphatic heterocycles. The van der Waals surface area contributed by atoms with Gasteiger partial charge in [-0.25, -0.2) is 4.98 Å². The normalized spacial score (nSPS) is 14.4. The standard InChI is InChI=1S/C32H36N4O2S/c1-22(2)30-31(23-7-5-4-6-8-23)36(32(34-30)28-21-29-27(35(28)3)15-20-39-29)18-19-37-24-9-11-25(12-10-24)38-26-13-16-33-17-14-26/h4-12,15,20-22,26,33H,13-14,16-19H2,1-3H3. The zero-order chi connectivity index (χ0) is 26.8. The molecule has 0 bridgehead atoms. The van der Waals surface area contributed by atoms with Crippen LogP contribution in [0.2, 0.25) is 0 Å². The highest BCUT2D eigenvalue weighted by atomic mass is 32.1. The zero-order valence-corrected chi connectivity index (χ0v) is 23.7. The summed E-state index contributed by atoms with van der Waals surface area (Å²) in [4.78, 5) is 5.25. The van der Waals surface area contributed by atoms with E-state index in [2.05, 4.69) is 83.2 Å². The van der Waals surface area contributed by atoms with Gasteiger partial charge in [-0.3, -0.25) is 0 Å². The number of benzene rings is 2. The zero-order valence-electron chi connectivity index (χ0n) is 22.9. The number of hydrogen-bond donors (Lipinski definition) is 1. The van der Waals surface area contributed by atoms with Crippen molar-refractivity contribution in [3.8, 4) is 34.3 Å². The number of rotatable bonds is 9. The molecule has 39 heavy (non-hydrogen) atoms. The van der Waals surface area contributed by atoms with Gasteiger partial charge in [-0.2, -0.15) is 0 Å². The quantitative estimate of drug-likeness (QED) is 0.217. The summed E-state index contributed by atoms with van der Waals surface area (Å²) in [6.45, 7) is 7.70. The van der Waals surface area contributed by atoms with Crippen molar-refractivity contribution < 1.29 is 9.47 Å². The molecule has 0 amide bonds. The van der Waals surface area contributed by atoms with Crippen molar-refractivity contribution in [3.63, 3.8) is 0 Å². The Bertz CT molecular complexity index is 1530. The Kier molecular flexibility index (Phi) is 7.44. The Morgan fingerprint density at radius 3 is 2.46 bits per heavy atom. The molecule has 1 N–H and O–H groups in total. The molecule has 1 fully saturated rings. The van der Waals surface area contributed by atoms with Crippen LogP contribution in [-0.2, 0) is 13.6 Å². The average Bonchev–Trinajstić information content (AvgIpc) is 3.65. The third-order valence-electron chi connectivity index (χ3n) is 7.48. The molecule has 7 heteroatoms. The number of thiophene rings is 1. The molecule has 3 aromatic heterocycles. The average molecular weight is 541 g/mol. The molecule has 5 aromatic rings. The number of fused-ring (bicyclic) bond motifs is 1. The van der Waals surface area contributed by atoms with Gasteiger partial charge in [0.05, 0.1) is 33.8 Å². The van der Waals surface area contributed by atoms with E-state index in [9.17, 15) is 0 Å². The lowest BCUT2D eigenvalue weighted by Gasteiger charge is -2.23.